The molecule has 3 fully saturated rings. The summed E-state index contributed by atoms with van der Waals surface area (Å²) in [4.78, 5) is 35.9. The Hall–Kier alpha value is -1.85. The van der Waals surface area contributed by atoms with Gasteiger partial charge in [0.05, 0.1) is 6.61 Å². The molecule has 10 atom stereocenters. The van der Waals surface area contributed by atoms with Gasteiger partial charge >= 0.3 is 17.9 Å². The van der Waals surface area contributed by atoms with Crippen LogP contribution in [0, 0.1) is 46.3 Å². The third-order valence-corrected chi connectivity index (χ3v) is 10.7. The smallest absolute Gasteiger partial charge is 0.305 e. The maximum atomic E-state index is 12.3. The highest BCUT2D eigenvalue weighted by molar-refractivity contribution is 5.69. The Morgan fingerprint density at radius 1 is 0.972 bits per heavy atom. The van der Waals surface area contributed by atoms with Crippen LogP contribution in [-0.2, 0) is 28.6 Å². The fraction of sp³-hybridized carbons (Fsp3) is 0.833. The largest absolute Gasteiger partial charge is 0.466 e. The second-order valence-corrected chi connectivity index (χ2v) is 12.5. The maximum Gasteiger partial charge on any atom is 0.305 e. The number of esters is 3. The van der Waals surface area contributed by atoms with E-state index >= 15 is 0 Å². The van der Waals surface area contributed by atoms with Crippen LogP contribution in [0.2, 0.25) is 0 Å². The summed E-state index contributed by atoms with van der Waals surface area (Å²) in [5, 5.41) is 0. The predicted octanol–water partition coefficient (Wildman–Crippen LogP) is 5.87. The minimum absolute atomic E-state index is 0.00370. The third kappa shape index (κ3) is 4.86. The Labute approximate surface area is 216 Å². The third-order valence-electron chi connectivity index (χ3n) is 10.7. The van der Waals surface area contributed by atoms with Crippen LogP contribution in [-0.4, -0.2) is 36.7 Å². The molecule has 4 aliphatic rings. The summed E-state index contributed by atoms with van der Waals surface area (Å²) < 4.78 is 17.0. The summed E-state index contributed by atoms with van der Waals surface area (Å²) in [6, 6.07) is 0. The molecule has 0 heterocycles. The quantitative estimate of drug-likeness (QED) is 0.246. The average molecular weight is 503 g/mol. The lowest BCUT2D eigenvalue weighted by molar-refractivity contribution is -0.183. The Balaban J connectivity index is 1.59. The van der Waals surface area contributed by atoms with Gasteiger partial charge in [0.1, 0.15) is 12.2 Å². The van der Waals surface area contributed by atoms with E-state index in [1.165, 1.54) is 13.8 Å². The van der Waals surface area contributed by atoms with Gasteiger partial charge in [-0.15, -0.1) is 0 Å². The minimum Gasteiger partial charge on any atom is -0.466 e. The topological polar surface area (TPSA) is 78.9 Å². The number of carbonyl (C=O) groups excluding carboxylic acids is 3. The van der Waals surface area contributed by atoms with Crippen molar-refractivity contribution in [3.63, 3.8) is 0 Å². The summed E-state index contributed by atoms with van der Waals surface area (Å²) in [6.45, 7) is 12.3. The monoisotopic (exact) mass is 502 g/mol. The molecule has 0 amide bonds. The van der Waals surface area contributed by atoms with Crippen LogP contribution in [0.4, 0.5) is 0 Å². The van der Waals surface area contributed by atoms with Gasteiger partial charge in [-0.05, 0) is 92.8 Å². The normalized spacial score (nSPS) is 41.9. The number of carbonyl (C=O) groups is 3. The Kier molecular flexibility index (Phi) is 7.92. The molecule has 4 aliphatic carbocycles. The summed E-state index contributed by atoms with van der Waals surface area (Å²) in [6.07, 6.45) is 11.9. The van der Waals surface area contributed by atoms with Gasteiger partial charge in [-0.2, -0.15) is 0 Å². The molecular weight excluding hydrogens is 456 g/mol. The number of ether oxygens (including phenoxy) is 3. The second-order valence-electron chi connectivity index (χ2n) is 12.5. The lowest BCUT2D eigenvalue weighted by atomic mass is 9.45. The molecule has 0 bridgehead atoms. The maximum absolute atomic E-state index is 12.3. The van der Waals surface area contributed by atoms with Gasteiger partial charge in [-0.3, -0.25) is 14.4 Å². The summed E-state index contributed by atoms with van der Waals surface area (Å²) >= 11 is 0. The minimum atomic E-state index is -0.199. The molecule has 0 aliphatic heterocycles. The van der Waals surface area contributed by atoms with E-state index in [0.717, 1.165) is 44.9 Å². The van der Waals surface area contributed by atoms with Crippen molar-refractivity contribution >= 4 is 17.9 Å². The highest BCUT2D eigenvalue weighted by Gasteiger charge is 2.64. The van der Waals surface area contributed by atoms with E-state index in [4.69, 9.17) is 14.2 Å². The van der Waals surface area contributed by atoms with Crippen LogP contribution in [0.1, 0.15) is 92.9 Å². The number of hydrogen-bond donors (Lipinski definition) is 0. The van der Waals surface area contributed by atoms with Crippen molar-refractivity contribution in [2.45, 2.75) is 105 Å². The number of hydrogen-bond acceptors (Lipinski definition) is 6. The lowest BCUT2D eigenvalue weighted by Gasteiger charge is -2.61. The van der Waals surface area contributed by atoms with Crippen molar-refractivity contribution in [2.75, 3.05) is 6.61 Å². The van der Waals surface area contributed by atoms with Crippen LogP contribution in [0.3, 0.4) is 0 Å². The fourth-order valence-electron chi connectivity index (χ4n) is 8.98. The Morgan fingerprint density at radius 2 is 1.69 bits per heavy atom. The van der Waals surface area contributed by atoms with E-state index < -0.39 is 0 Å². The Bertz CT molecular complexity index is 881. The summed E-state index contributed by atoms with van der Waals surface area (Å²) in [5.74, 6) is 1.99. The highest BCUT2D eigenvalue weighted by atomic mass is 16.5. The van der Waals surface area contributed by atoms with E-state index in [-0.39, 0.29) is 40.9 Å². The molecule has 0 aromatic carbocycles. The molecule has 3 saturated carbocycles. The average Bonchev–Trinajstić information content (AvgIpc) is 3.16. The van der Waals surface area contributed by atoms with Crippen molar-refractivity contribution in [3.05, 3.63) is 12.2 Å². The molecule has 0 spiro atoms. The van der Waals surface area contributed by atoms with Crippen LogP contribution >= 0.6 is 0 Å². The zero-order valence-corrected chi connectivity index (χ0v) is 23.1. The highest BCUT2D eigenvalue weighted by Crippen LogP contribution is 2.67. The first kappa shape index (κ1) is 27.2. The van der Waals surface area contributed by atoms with Gasteiger partial charge in [-0.25, -0.2) is 0 Å². The molecule has 202 valence electrons. The molecule has 0 radical (unpaired) electrons. The van der Waals surface area contributed by atoms with Gasteiger partial charge in [0.15, 0.2) is 0 Å². The molecule has 0 aromatic rings. The molecule has 0 saturated heterocycles. The molecule has 4 rings (SSSR count). The molecule has 36 heavy (non-hydrogen) atoms. The van der Waals surface area contributed by atoms with Crippen molar-refractivity contribution in [3.8, 4) is 0 Å². The first-order valence-electron chi connectivity index (χ1n) is 14.2. The van der Waals surface area contributed by atoms with Crippen molar-refractivity contribution in [1.29, 1.82) is 0 Å². The van der Waals surface area contributed by atoms with Crippen molar-refractivity contribution < 1.29 is 28.6 Å². The van der Waals surface area contributed by atoms with E-state index in [2.05, 4.69) is 32.9 Å². The molecule has 0 aromatic heterocycles. The fourth-order valence-corrected chi connectivity index (χ4v) is 8.98. The van der Waals surface area contributed by atoms with Gasteiger partial charge in [0, 0.05) is 25.7 Å². The molecule has 0 N–H and O–H groups in total. The Morgan fingerprint density at radius 3 is 2.36 bits per heavy atom. The van der Waals surface area contributed by atoms with Crippen LogP contribution in [0.15, 0.2) is 12.2 Å². The number of allylic oxidation sites excluding steroid dienone is 2. The SMILES string of the molecule is CCOC(=O)CC[C@@H](C)[C@H]1CC[C@@H]2[C@H]3C=C[C@@H]4C[C@@H](OC(C)=O)CC[C@]4(C)[C@@H]3C[C@H](OC(C)=O)[C@@]21C. The first-order valence-corrected chi connectivity index (χ1v) is 14.2. The van der Waals surface area contributed by atoms with Gasteiger partial charge in [-0.1, -0.05) is 32.9 Å². The van der Waals surface area contributed by atoms with Gasteiger partial charge in [0.25, 0.3) is 0 Å². The zero-order valence-electron chi connectivity index (χ0n) is 23.1. The lowest BCUT2D eigenvalue weighted by Crippen LogP contribution is -2.58. The van der Waals surface area contributed by atoms with Crippen LogP contribution in [0.5, 0.6) is 0 Å². The molecule has 6 nitrogen and oxygen atoms in total. The van der Waals surface area contributed by atoms with E-state index in [1.807, 2.05) is 6.92 Å². The summed E-state index contributed by atoms with van der Waals surface area (Å²) in [5.41, 5.74) is 0.00675. The van der Waals surface area contributed by atoms with E-state index in [1.54, 1.807) is 0 Å². The number of fused-ring (bicyclic) bond motifs is 5. The molecule has 6 heteroatoms. The van der Waals surface area contributed by atoms with Crippen LogP contribution in [0.25, 0.3) is 0 Å². The van der Waals surface area contributed by atoms with Gasteiger partial charge < -0.3 is 14.2 Å². The van der Waals surface area contributed by atoms with E-state index in [9.17, 15) is 14.4 Å². The molecular formula is C30H46O6. The van der Waals surface area contributed by atoms with Crippen molar-refractivity contribution in [1.82, 2.24) is 0 Å². The molecule has 0 unspecified atom stereocenters. The zero-order chi connectivity index (χ0) is 26.3. The van der Waals surface area contributed by atoms with Crippen molar-refractivity contribution in [2.24, 2.45) is 46.3 Å². The van der Waals surface area contributed by atoms with Crippen LogP contribution < -0.4 is 0 Å². The van der Waals surface area contributed by atoms with Gasteiger partial charge in [0.2, 0.25) is 0 Å². The second kappa shape index (κ2) is 10.5. The standard InChI is InChI=1S/C30H46O6/c1-7-34-28(33)13-8-18(2)24-11-12-25-23-10-9-21-16-22(35-19(3)31)14-15-29(21,5)26(23)17-27(30(24,25)6)36-20(4)32/h9-10,18,21-27H,7-8,11-17H2,1-6H3/t18-,21-,22+,23-,24-,25-,26-,27+,29+,30-/m1/s1. The summed E-state index contributed by atoms with van der Waals surface area (Å²) in [7, 11) is 0. The number of rotatable bonds is 7. The predicted molar refractivity (Wildman–Crippen MR) is 137 cm³/mol. The first-order chi connectivity index (χ1) is 17.0. The van der Waals surface area contributed by atoms with E-state index in [0.29, 0.717) is 48.5 Å².